The van der Waals surface area contributed by atoms with Gasteiger partial charge in [0.05, 0.1) is 7.11 Å². The van der Waals surface area contributed by atoms with Crippen molar-refractivity contribution in [2.75, 3.05) is 13.7 Å². The first kappa shape index (κ1) is 13.9. The lowest BCUT2D eigenvalue weighted by Gasteiger charge is -2.12. The highest BCUT2D eigenvalue weighted by molar-refractivity contribution is 5.48. The molecule has 1 aromatic carbocycles. The van der Waals surface area contributed by atoms with Crippen molar-refractivity contribution in [1.29, 1.82) is 0 Å². The average Bonchev–Trinajstić information content (AvgIpc) is 3.10. The first-order chi connectivity index (χ1) is 10.3. The minimum Gasteiger partial charge on any atom is -0.496 e. The van der Waals surface area contributed by atoms with Gasteiger partial charge in [-0.1, -0.05) is 0 Å². The molecule has 1 unspecified atom stereocenters. The summed E-state index contributed by atoms with van der Waals surface area (Å²) in [5.41, 5.74) is 2.36. The van der Waals surface area contributed by atoms with Crippen LogP contribution in [0, 0.1) is 0 Å². The normalized spacial score (nSPS) is 16.6. The summed E-state index contributed by atoms with van der Waals surface area (Å²) < 4.78 is 11.3. The monoisotopic (exact) mass is 287 g/mol. The molecule has 0 amide bonds. The van der Waals surface area contributed by atoms with E-state index in [0.29, 0.717) is 0 Å². The third-order valence-corrected chi connectivity index (χ3v) is 3.71. The second-order valence-electron chi connectivity index (χ2n) is 5.37. The van der Waals surface area contributed by atoms with Gasteiger partial charge in [-0.15, -0.1) is 0 Å². The highest BCUT2D eigenvalue weighted by Crippen LogP contribution is 2.34. The lowest BCUT2D eigenvalue weighted by Crippen LogP contribution is -2.17. The molecule has 2 aromatic rings. The fourth-order valence-electron chi connectivity index (χ4n) is 2.67. The van der Waals surface area contributed by atoms with E-state index in [1.54, 1.807) is 13.3 Å². The molecule has 1 aliphatic rings. The zero-order valence-corrected chi connectivity index (χ0v) is 12.5. The van der Waals surface area contributed by atoms with Crippen LogP contribution in [0.3, 0.4) is 0 Å². The molecule has 2 heterocycles. The summed E-state index contributed by atoms with van der Waals surface area (Å²) in [4.78, 5) is 7.31. The minimum atomic E-state index is 0.256. The summed E-state index contributed by atoms with van der Waals surface area (Å²) in [6.07, 6.45) is 5.72. The highest BCUT2D eigenvalue weighted by atomic mass is 16.5. The molecule has 0 bridgehead atoms. The van der Waals surface area contributed by atoms with E-state index in [1.165, 1.54) is 5.56 Å². The second kappa shape index (κ2) is 6.18. The molecule has 1 atom stereocenters. The Hall–Kier alpha value is -2.01. The van der Waals surface area contributed by atoms with Crippen LogP contribution in [0.25, 0.3) is 0 Å². The van der Waals surface area contributed by atoms with Gasteiger partial charge in [0.25, 0.3) is 0 Å². The Morgan fingerprint density at radius 3 is 3.14 bits per heavy atom. The topological polar surface area (TPSA) is 59.2 Å². The third kappa shape index (κ3) is 3.19. The number of H-pyrrole nitrogens is 1. The molecule has 0 fully saturated rings. The first-order valence-corrected chi connectivity index (χ1v) is 7.31. The van der Waals surface area contributed by atoms with E-state index in [1.807, 2.05) is 6.20 Å². The first-order valence-electron chi connectivity index (χ1n) is 7.31. The van der Waals surface area contributed by atoms with Crippen molar-refractivity contribution in [3.8, 4) is 11.5 Å². The molecule has 0 saturated carbocycles. The standard InChI is InChI=1S/C16H21N3O2/c1-11-7-12-8-14(20-2)13(9-15(12)21-11)10-17-4-3-16-18-5-6-19-16/h5-6,8-9,11,17H,3-4,7,10H2,1-2H3,(H,18,19). The number of aromatic nitrogens is 2. The lowest BCUT2D eigenvalue weighted by molar-refractivity contribution is 0.254. The maximum Gasteiger partial charge on any atom is 0.123 e. The summed E-state index contributed by atoms with van der Waals surface area (Å²) in [6.45, 7) is 3.72. The number of rotatable bonds is 6. The van der Waals surface area contributed by atoms with Gasteiger partial charge < -0.3 is 19.8 Å². The van der Waals surface area contributed by atoms with Crippen molar-refractivity contribution in [3.63, 3.8) is 0 Å². The van der Waals surface area contributed by atoms with Crippen LogP contribution in [0.4, 0.5) is 0 Å². The van der Waals surface area contributed by atoms with Gasteiger partial charge in [-0.2, -0.15) is 0 Å². The van der Waals surface area contributed by atoms with Crippen LogP contribution in [-0.4, -0.2) is 29.7 Å². The number of fused-ring (bicyclic) bond motifs is 1. The molecule has 5 heteroatoms. The maximum absolute atomic E-state index is 5.81. The number of benzene rings is 1. The fraction of sp³-hybridized carbons (Fsp3) is 0.438. The molecule has 1 aromatic heterocycles. The average molecular weight is 287 g/mol. The van der Waals surface area contributed by atoms with Gasteiger partial charge in [-0.3, -0.25) is 0 Å². The Morgan fingerprint density at radius 2 is 2.38 bits per heavy atom. The second-order valence-corrected chi connectivity index (χ2v) is 5.37. The number of imidazole rings is 1. The quantitative estimate of drug-likeness (QED) is 0.799. The van der Waals surface area contributed by atoms with Crippen LogP contribution in [0.1, 0.15) is 23.9 Å². The summed E-state index contributed by atoms with van der Waals surface area (Å²) in [5.74, 6) is 2.92. The van der Waals surface area contributed by atoms with Gasteiger partial charge in [0.2, 0.25) is 0 Å². The Bertz CT molecular complexity index is 596. The molecule has 112 valence electrons. The van der Waals surface area contributed by atoms with Crippen LogP contribution in [0.5, 0.6) is 11.5 Å². The Morgan fingerprint density at radius 1 is 1.48 bits per heavy atom. The van der Waals surface area contributed by atoms with E-state index in [0.717, 1.165) is 48.8 Å². The van der Waals surface area contributed by atoms with Crippen LogP contribution < -0.4 is 14.8 Å². The van der Waals surface area contributed by atoms with Gasteiger partial charge >= 0.3 is 0 Å². The number of hydrogen-bond donors (Lipinski definition) is 2. The largest absolute Gasteiger partial charge is 0.496 e. The van der Waals surface area contributed by atoms with Crippen molar-refractivity contribution in [1.82, 2.24) is 15.3 Å². The van der Waals surface area contributed by atoms with Crippen LogP contribution in [-0.2, 0) is 19.4 Å². The Kier molecular flexibility index (Phi) is 4.10. The molecule has 0 aliphatic carbocycles. The highest BCUT2D eigenvalue weighted by Gasteiger charge is 2.21. The van der Waals surface area contributed by atoms with Crippen molar-refractivity contribution in [2.24, 2.45) is 0 Å². The SMILES string of the molecule is COc1cc2c(cc1CNCCc1ncc[nH]1)OC(C)C2. The number of nitrogens with zero attached hydrogens (tertiary/aromatic N) is 1. The van der Waals surface area contributed by atoms with Crippen molar-refractivity contribution in [2.45, 2.75) is 32.4 Å². The van der Waals surface area contributed by atoms with Crippen LogP contribution >= 0.6 is 0 Å². The number of methoxy groups -OCH3 is 1. The molecule has 2 N–H and O–H groups in total. The summed E-state index contributed by atoms with van der Waals surface area (Å²) in [5, 5.41) is 3.42. The zero-order valence-electron chi connectivity index (χ0n) is 12.5. The number of hydrogen-bond acceptors (Lipinski definition) is 4. The van der Waals surface area contributed by atoms with E-state index in [-0.39, 0.29) is 6.10 Å². The lowest BCUT2D eigenvalue weighted by atomic mass is 10.1. The predicted molar refractivity (Wildman–Crippen MR) is 80.8 cm³/mol. The molecule has 5 nitrogen and oxygen atoms in total. The molecule has 0 spiro atoms. The molecule has 3 rings (SSSR count). The van der Waals surface area contributed by atoms with Crippen molar-refractivity contribution in [3.05, 3.63) is 41.5 Å². The Labute approximate surface area is 124 Å². The minimum absolute atomic E-state index is 0.256. The smallest absolute Gasteiger partial charge is 0.123 e. The summed E-state index contributed by atoms with van der Waals surface area (Å²) in [7, 11) is 1.72. The van der Waals surface area contributed by atoms with Gasteiger partial charge in [0.1, 0.15) is 23.4 Å². The fourth-order valence-corrected chi connectivity index (χ4v) is 2.67. The number of aromatic amines is 1. The van der Waals surface area contributed by atoms with Gasteiger partial charge in [0, 0.05) is 49.5 Å². The third-order valence-electron chi connectivity index (χ3n) is 3.71. The summed E-state index contributed by atoms with van der Waals surface area (Å²) in [6, 6.07) is 4.19. The molecular formula is C16H21N3O2. The number of nitrogens with one attached hydrogen (secondary N) is 2. The summed E-state index contributed by atoms with van der Waals surface area (Å²) >= 11 is 0. The van der Waals surface area contributed by atoms with E-state index in [9.17, 15) is 0 Å². The predicted octanol–water partition coefficient (Wildman–Crippen LogP) is 2.07. The van der Waals surface area contributed by atoms with Gasteiger partial charge in [0.15, 0.2) is 0 Å². The van der Waals surface area contributed by atoms with Crippen LogP contribution in [0.15, 0.2) is 24.5 Å². The molecule has 0 radical (unpaired) electrons. The Balaban J connectivity index is 1.61. The van der Waals surface area contributed by atoms with Gasteiger partial charge in [-0.05, 0) is 19.1 Å². The molecule has 1 aliphatic heterocycles. The van der Waals surface area contributed by atoms with E-state index >= 15 is 0 Å². The van der Waals surface area contributed by atoms with Crippen LogP contribution in [0.2, 0.25) is 0 Å². The number of ether oxygens (including phenoxy) is 2. The molecular weight excluding hydrogens is 266 g/mol. The molecule has 0 saturated heterocycles. The van der Waals surface area contributed by atoms with Crippen molar-refractivity contribution >= 4 is 0 Å². The van der Waals surface area contributed by atoms with E-state index in [2.05, 4.69) is 34.3 Å². The zero-order chi connectivity index (χ0) is 14.7. The van der Waals surface area contributed by atoms with Crippen molar-refractivity contribution < 1.29 is 9.47 Å². The molecule has 21 heavy (non-hydrogen) atoms. The van der Waals surface area contributed by atoms with Gasteiger partial charge in [-0.25, -0.2) is 4.98 Å². The maximum atomic E-state index is 5.81. The van der Waals surface area contributed by atoms with E-state index < -0.39 is 0 Å². The van der Waals surface area contributed by atoms with E-state index in [4.69, 9.17) is 9.47 Å².